The number of carbonyl (C=O) groups excluding carboxylic acids is 1. The van der Waals surface area contributed by atoms with Gasteiger partial charge in [-0.15, -0.1) is 11.3 Å². The van der Waals surface area contributed by atoms with Crippen molar-refractivity contribution in [2.75, 3.05) is 11.9 Å². The van der Waals surface area contributed by atoms with Crippen molar-refractivity contribution in [3.8, 4) is 0 Å². The van der Waals surface area contributed by atoms with Gasteiger partial charge in [0.05, 0.1) is 15.2 Å². The molecule has 4 rings (SSSR count). The van der Waals surface area contributed by atoms with Crippen molar-refractivity contribution in [2.24, 2.45) is 0 Å². The Bertz CT molecular complexity index is 950. The highest BCUT2D eigenvalue weighted by molar-refractivity contribution is 7.18. The first-order valence-electron chi connectivity index (χ1n) is 8.41. The number of aromatic nitrogens is 3. The van der Waals surface area contributed by atoms with Crippen molar-refractivity contribution < 1.29 is 4.79 Å². The molecule has 1 amide bonds. The third-order valence-corrected chi connectivity index (χ3v) is 5.75. The largest absolute Gasteiger partial charge is 0.321 e. The summed E-state index contributed by atoms with van der Waals surface area (Å²) in [6.45, 7) is 8.05. The monoisotopic (exact) mass is 355 g/mol. The Hall–Kier alpha value is -2.25. The molecule has 6 nitrogen and oxygen atoms in total. The van der Waals surface area contributed by atoms with Gasteiger partial charge in [-0.3, -0.25) is 9.89 Å². The number of carbonyl (C=O) groups is 1. The van der Waals surface area contributed by atoms with Crippen LogP contribution in [0.25, 0.3) is 10.2 Å². The van der Waals surface area contributed by atoms with Crippen LogP contribution < -0.4 is 10.6 Å². The van der Waals surface area contributed by atoms with Gasteiger partial charge in [0.2, 0.25) is 0 Å². The summed E-state index contributed by atoms with van der Waals surface area (Å²) in [5.41, 5.74) is 4.25. The van der Waals surface area contributed by atoms with E-state index >= 15 is 0 Å². The first-order chi connectivity index (χ1) is 11.9. The van der Waals surface area contributed by atoms with E-state index in [0.717, 1.165) is 45.1 Å². The molecule has 0 radical (unpaired) electrons. The van der Waals surface area contributed by atoms with Crippen LogP contribution in [0.2, 0.25) is 0 Å². The molecule has 1 aromatic carbocycles. The zero-order valence-corrected chi connectivity index (χ0v) is 15.4. The number of H-pyrrole nitrogens is 1. The number of fused-ring (bicyclic) bond motifs is 2. The molecule has 3 aromatic rings. The van der Waals surface area contributed by atoms with Gasteiger partial charge in [0.25, 0.3) is 5.91 Å². The molecule has 3 N–H and O–H groups in total. The maximum Gasteiger partial charge on any atom is 0.276 e. The second kappa shape index (κ2) is 5.93. The van der Waals surface area contributed by atoms with Crippen molar-refractivity contribution in [3.63, 3.8) is 0 Å². The predicted octanol–water partition coefficient (Wildman–Crippen LogP) is 3.21. The number of amides is 1. The molecule has 0 atom stereocenters. The predicted molar refractivity (Wildman–Crippen MR) is 100 cm³/mol. The average molecular weight is 355 g/mol. The highest BCUT2D eigenvalue weighted by Crippen LogP contribution is 2.32. The van der Waals surface area contributed by atoms with Crippen LogP contribution in [0, 0.1) is 0 Å². The normalized spacial score (nSPS) is 14.5. The maximum absolute atomic E-state index is 12.6. The van der Waals surface area contributed by atoms with Crippen LogP contribution >= 0.6 is 11.3 Å². The van der Waals surface area contributed by atoms with Gasteiger partial charge in [-0.05, 0) is 18.2 Å². The second-order valence-corrected chi connectivity index (χ2v) is 8.39. The zero-order valence-electron chi connectivity index (χ0n) is 14.6. The van der Waals surface area contributed by atoms with Crippen molar-refractivity contribution >= 4 is 33.1 Å². The van der Waals surface area contributed by atoms with Crippen LogP contribution in [0.1, 0.15) is 47.5 Å². The van der Waals surface area contributed by atoms with Crippen LogP contribution in [0.4, 0.5) is 5.69 Å². The number of thiazole rings is 1. The topological polar surface area (TPSA) is 82.7 Å². The third-order valence-electron chi connectivity index (χ3n) is 4.31. The zero-order chi connectivity index (χ0) is 17.6. The number of hydrogen-bond donors (Lipinski definition) is 3. The van der Waals surface area contributed by atoms with E-state index in [0.29, 0.717) is 12.2 Å². The molecule has 130 valence electrons. The lowest BCUT2D eigenvalue weighted by molar-refractivity contribution is 0.102. The van der Waals surface area contributed by atoms with Gasteiger partial charge in [-0.25, -0.2) is 4.98 Å². The van der Waals surface area contributed by atoms with E-state index in [9.17, 15) is 4.79 Å². The van der Waals surface area contributed by atoms with Gasteiger partial charge in [0.15, 0.2) is 5.69 Å². The average Bonchev–Trinajstić information content (AvgIpc) is 3.18. The molecule has 0 bridgehead atoms. The smallest absolute Gasteiger partial charge is 0.276 e. The summed E-state index contributed by atoms with van der Waals surface area (Å²) in [7, 11) is 0. The minimum atomic E-state index is -0.180. The summed E-state index contributed by atoms with van der Waals surface area (Å²) in [4.78, 5) is 17.3. The number of nitrogens with one attached hydrogen (secondary N) is 3. The van der Waals surface area contributed by atoms with Crippen molar-refractivity contribution in [3.05, 3.63) is 40.2 Å². The number of anilines is 1. The number of rotatable bonds is 2. The minimum Gasteiger partial charge on any atom is -0.321 e. The Labute approximate surface area is 150 Å². The van der Waals surface area contributed by atoms with Crippen molar-refractivity contribution in [2.45, 2.75) is 39.2 Å². The number of benzene rings is 1. The first-order valence-corrected chi connectivity index (χ1v) is 9.23. The molecule has 2 aromatic heterocycles. The van der Waals surface area contributed by atoms with Crippen molar-refractivity contribution in [1.29, 1.82) is 0 Å². The van der Waals surface area contributed by atoms with E-state index in [1.54, 1.807) is 11.3 Å². The van der Waals surface area contributed by atoms with E-state index in [-0.39, 0.29) is 11.3 Å². The quantitative estimate of drug-likeness (QED) is 0.659. The molecule has 1 aliphatic heterocycles. The standard InChI is InChI=1S/C18H21N5OS/c1-18(2,3)17-21-13-5-4-10(8-14(13)25-17)20-16(24)15-11-9-19-7-6-12(11)22-23-15/h4-5,8,19H,6-7,9H2,1-3H3,(H,20,24)(H,22,23). The number of aromatic amines is 1. The van der Waals surface area contributed by atoms with Gasteiger partial charge in [0.1, 0.15) is 0 Å². The Morgan fingerprint density at radius 2 is 2.16 bits per heavy atom. The number of hydrogen-bond acceptors (Lipinski definition) is 5. The Kier molecular flexibility index (Phi) is 3.85. The fourth-order valence-corrected chi connectivity index (χ4v) is 3.99. The van der Waals surface area contributed by atoms with Gasteiger partial charge in [-0.2, -0.15) is 5.10 Å². The molecule has 3 heterocycles. The molecule has 0 fully saturated rings. The fourth-order valence-electron chi connectivity index (χ4n) is 2.93. The molecule has 0 saturated heterocycles. The minimum absolute atomic E-state index is 0.0220. The molecule has 0 unspecified atom stereocenters. The summed E-state index contributed by atoms with van der Waals surface area (Å²) < 4.78 is 1.08. The first kappa shape index (κ1) is 16.2. The maximum atomic E-state index is 12.6. The van der Waals surface area contributed by atoms with Gasteiger partial charge in [-0.1, -0.05) is 20.8 Å². The number of nitrogens with zero attached hydrogens (tertiary/aromatic N) is 2. The van der Waals surface area contributed by atoms with Crippen LogP contribution in [0.3, 0.4) is 0 Å². The molecular weight excluding hydrogens is 334 g/mol. The van der Waals surface area contributed by atoms with Crippen molar-refractivity contribution in [1.82, 2.24) is 20.5 Å². The van der Waals surface area contributed by atoms with Crippen LogP contribution in [0.5, 0.6) is 0 Å². The lowest BCUT2D eigenvalue weighted by Crippen LogP contribution is -2.25. The van der Waals surface area contributed by atoms with E-state index in [4.69, 9.17) is 4.98 Å². The van der Waals surface area contributed by atoms with Gasteiger partial charge in [0, 0.05) is 41.9 Å². The third kappa shape index (κ3) is 3.05. The summed E-state index contributed by atoms with van der Waals surface area (Å²) in [6, 6.07) is 5.83. The Morgan fingerprint density at radius 3 is 2.96 bits per heavy atom. The highest BCUT2D eigenvalue weighted by Gasteiger charge is 2.22. The van der Waals surface area contributed by atoms with Gasteiger partial charge >= 0.3 is 0 Å². The lowest BCUT2D eigenvalue weighted by Gasteiger charge is -2.13. The molecule has 0 aliphatic carbocycles. The Morgan fingerprint density at radius 1 is 1.32 bits per heavy atom. The summed E-state index contributed by atoms with van der Waals surface area (Å²) in [5.74, 6) is -0.180. The summed E-state index contributed by atoms with van der Waals surface area (Å²) in [5, 5.41) is 14.5. The summed E-state index contributed by atoms with van der Waals surface area (Å²) in [6.07, 6.45) is 0.873. The molecule has 7 heteroatoms. The highest BCUT2D eigenvalue weighted by atomic mass is 32.1. The van der Waals surface area contributed by atoms with Crippen LogP contribution in [-0.2, 0) is 18.4 Å². The van der Waals surface area contributed by atoms with E-state index < -0.39 is 0 Å². The van der Waals surface area contributed by atoms with Crippen LogP contribution in [-0.4, -0.2) is 27.6 Å². The molecule has 25 heavy (non-hydrogen) atoms. The second-order valence-electron chi connectivity index (χ2n) is 7.36. The van der Waals surface area contributed by atoms with E-state index in [2.05, 4.69) is 41.6 Å². The van der Waals surface area contributed by atoms with E-state index in [1.165, 1.54) is 0 Å². The Balaban J connectivity index is 1.60. The molecule has 1 aliphatic rings. The van der Waals surface area contributed by atoms with Gasteiger partial charge < -0.3 is 10.6 Å². The molecule has 0 saturated carbocycles. The van der Waals surface area contributed by atoms with E-state index in [1.807, 2.05) is 18.2 Å². The molecule has 0 spiro atoms. The van der Waals surface area contributed by atoms with Crippen LogP contribution in [0.15, 0.2) is 18.2 Å². The lowest BCUT2D eigenvalue weighted by atomic mass is 9.98. The summed E-state index contributed by atoms with van der Waals surface area (Å²) >= 11 is 1.67. The SMILES string of the molecule is CC(C)(C)c1nc2ccc(NC(=O)c3n[nH]c4c3CNCC4)cc2s1. The molecular formula is C18H21N5OS. The fraction of sp³-hybridized carbons (Fsp3) is 0.389.